The van der Waals surface area contributed by atoms with Gasteiger partial charge in [0.1, 0.15) is 10.6 Å². The minimum atomic E-state index is -3.81. The maximum atomic E-state index is 12.6. The van der Waals surface area contributed by atoms with Crippen LogP contribution in [0.3, 0.4) is 0 Å². The molecule has 2 rings (SSSR count). The first-order valence-electron chi connectivity index (χ1n) is 6.62. The number of aromatic nitrogens is 1. The van der Waals surface area contributed by atoms with Crippen LogP contribution < -0.4 is 0 Å². The van der Waals surface area contributed by atoms with Gasteiger partial charge in [-0.1, -0.05) is 13.8 Å². The standard InChI is InChI=1S/C13H19ClN2O3S/c1-9(2)7-16(10-4-5-10)13(17)12-6-11(8-15(12)3)20(14,18)19/h6,8-10H,4-5,7H2,1-3H3. The zero-order valence-electron chi connectivity index (χ0n) is 11.8. The van der Waals surface area contributed by atoms with Crippen molar-refractivity contribution in [2.45, 2.75) is 37.6 Å². The van der Waals surface area contributed by atoms with Crippen LogP contribution in [-0.4, -0.2) is 36.4 Å². The van der Waals surface area contributed by atoms with Gasteiger partial charge in [-0.25, -0.2) is 8.42 Å². The number of nitrogens with zero attached hydrogens (tertiary/aromatic N) is 2. The highest BCUT2D eigenvalue weighted by atomic mass is 35.7. The molecule has 0 unspecified atom stereocenters. The maximum Gasteiger partial charge on any atom is 0.270 e. The molecule has 0 N–H and O–H groups in total. The summed E-state index contributed by atoms with van der Waals surface area (Å²) >= 11 is 0. The third-order valence-corrected chi connectivity index (χ3v) is 4.61. The predicted molar refractivity (Wildman–Crippen MR) is 77.3 cm³/mol. The molecule has 0 bridgehead atoms. The first-order valence-corrected chi connectivity index (χ1v) is 8.93. The van der Waals surface area contributed by atoms with Gasteiger partial charge in [-0.2, -0.15) is 0 Å². The van der Waals surface area contributed by atoms with E-state index in [9.17, 15) is 13.2 Å². The monoisotopic (exact) mass is 318 g/mol. The Kier molecular flexibility index (Phi) is 4.16. The summed E-state index contributed by atoms with van der Waals surface area (Å²) in [6.45, 7) is 4.79. The first-order chi connectivity index (χ1) is 9.20. The molecule has 1 aromatic heterocycles. The van der Waals surface area contributed by atoms with Crippen LogP contribution in [0, 0.1) is 5.92 Å². The van der Waals surface area contributed by atoms with E-state index in [0.717, 1.165) is 12.8 Å². The summed E-state index contributed by atoms with van der Waals surface area (Å²) in [4.78, 5) is 14.4. The minimum Gasteiger partial charge on any atom is -0.345 e. The van der Waals surface area contributed by atoms with E-state index in [0.29, 0.717) is 18.2 Å². The molecule has 1 fully saturated rings. The second-order valence-corrected chi connectivity index (χ2v) is 8.26. The van der Waals surface area contributed by atoms with Crippen LogP contribution >= 0.6 is 10.7 Å². The van der Waals surface area contributed by atoms with Gasteiger partial charge < -0.3 is 9.47 Å². The van der Waals surface area contributed by atoms with Crippen LogP contribution in [0.15, 0.2) is 17.2 Å². The van der Waals surface area contributed by atoms with Crippen LogP contribution in [0.25, 0.3) is 0 Å². The van der Waals surface area contributed by atoms with Crippen LogP contribution in [-0.2, 0) is 16.1 Å². The van der Waals surface area contributed by atoms with Gasteiger partial charge in [0.15, 0.2) is 0 Å². The summed E-state index contributed by atoms with van der Waals surface area (Å²) in [6.07, 6.45) is 3.41. The van der Waals surface area contributed by atoms with Crippen LogP contribution in [0.1, 0.15) is 37.2 Å². The Morgan fingerprint density at radius 3 is 2.50 bits per heavy atom. The largest absolute Gasteiger partial charge is 0.345 e. The zero-order chi connectivity index (χ0) is 15.1. The molecule has 1 aliphatic carbocycles. The van der Waals surface area contributed by atoms with E-state index in [-0.39, 0.29) is 16.8 Å². The lowest BCUT2D eigenvalue weighted by molar-refractivity contribution is 0.0713. The summed E-state index contributed by atoms with van der Waals surface area (Å²) in [7, 11) is 3.16. The van der Waals surface area contributed by atoms with E-state index >= 15 is 0 Å². The van der Waals surface area contributed by atoms with E-state index < -0.39 is 9.05 Å². The van der Waals surface area contributed by atoms with Crippen LogP contribution in [0.5, 0.6) is 0 Å². The molecule has 0 spiro atoms. The van der Waals surface area contributed by atoms with Crippen molar-refractivity contribution in [2.24, 2.45) is 13.0 Å². The quantitative estimate of drug-likeness (QED) is 0.782. The van der Waals surface area contributed by atoms with Gasteiger partial charge in [0.2, 0.25) is 0 Å². The SMILES string of the molecule is CC(C)CN(C(=O)c1cc(S(=O)(=O)Cl)cn1C)C1CC1. The van der Waals surface area contributed by atoms with Crippen molar-refractivity contribution in [3.63, 3.8) is 0 Å². The number of amides is 1. The summed E-state index contributed by atoms with van der Waals surface area (Å²) in [5, 5.41) is 0. The third kappa shape index (κ3) is 3.35. The van der Waals surface area contributed by atoms with E-state index in [2.05, 4.69) is 13.8 Å². The number of halogens is 1. The highest BCUT2D eigenvalue weighted by molar-refractivity contribution is 8.13. The van der Waals surface area contributed by atoms with Gasteiger partial charge >= 0.3 is 0 Å². The fourth-order valence-electron chi connectivity index (χ4n) is 2.20. The molecule has 0 aromatic carbocycles. The number of aryl methyl sites for hydroxylation is 1. The Hall–Kier alpha value is -1.01. The number of rotatable bonds is 5. The molecular weight excluding hydrogens is 300 g/mol. The second-order valence-electron chi connectivity index (χ2n) is 5.69. The molecule has 112 valence electrons. The van der Waals surface area contributed by atoms with Crippen LogP contribution in [0.2, 0.25) is 0 Å². The normalized spacial score (nSPS) is 15.7. The van der Waals surface area contributed by atoms with Gasteiger partial charge in [0.05, 0.1) is 0 Å². The summed E-state index contributed by atoms with van der Waals surface area (Å²) in [5.74, 6) is 0.242. The lowest BCUT2D eigenvalue weighted by atomic mass is 10.2. The third-order valence-electron chi connectivity index (χ3n) is 3.29. The number of carbonyl (C=O) groups is 1. The Morgan fingerprint density at radius 1 is 1.50 bits per heavy atom. The zero-order valence-corrected chi connectivity index (χ0v) is 13.4. The average molecular weight is 319 g/mol. The Balaban J connectivity index is 2.30. The van der Waals surface area contributed by atoms with Crippen molar-refractivity contribution >= 4 is 25.6 Å². The van der Waals surface area contributed by atoms with Crippen molar-refractivity contribution in [1.82, 2.24) is 9.47 Å². The van der Waals surface area contributed by atoms with Crippen LogP contribution in [0.4, 0.5) is 0 Å². The highest BCUT2D eigenvalue weighted by Gasteiger charge is 2.34. The molecule has 1 heterocycles. The molecule has 20 heavy (non-hydrogen) atoms. The average Bonchev–Trinajstić information content (AvgIpc) is 3.06. The second kappa shape index (κ2) is 5.41. The molecule has 5 nitrogen and oxygen atoms in total. The molecule has 0 radical (unpaired) electrons. The molecular formula is C13H19ClN2O3S. The molecule has 0 atom stereocenters. The molecule has 1 aliphatic rings. The van der Waals surface area contributed by atoms with Gasteiger partial charge in [-0.05, 0) is 24.8 Å². The fraction of sp³-hybridized carbons (Fsp3) is 0.615. The van der Waals surface area contributed by atoms with E-state index in [4.69, 9.17) is 10.7 Å². The summed E-state index contributed by atoms with van der Waals surface area (Å²) < 4.78 is 24.2. The van der Waals surface area contributed by atoms with Crippen molar-refractivity contribution in [2.75, 3.05) is 6.54 Å². The topological polar surface area (TPSA) is 59.4 Å². The van der Waals surface area contributed by atoms with Crippen molar-refractivity contribution in [1.29, 1.82) is 0 Å². The maximum absolute atomic E-state index is 12.6. The smallest absolute Gasteiger partial charge is 0.270 e. The number of carbonyl (C=O) groups excluding carboxylic acids is 1. The number of hydrogen-bond donors (Lipinski definition) is 0. The lowest BCUT2D eigenvalue weighted by Crippen LogP contribution is -2.37. The Labute approximate surface area is 123 Å². The summed E-state index contributed by atoms with van der Waals surface area (Å²) in [5.41, 5.74) is 0.358. The highest BCUT2D eigenvalue weighted by Crippen LogP contribution is 2.29. The number of hydrogen-bond acceptors (Lipinski definition) is 3. The van der Waals surface area contributed by atoms with Gasteiger partial charge in [0.25, 0.3) is 15.0 Å². The van der Waals surface area contributed by atoms with Gasteiger partial charge in [0, 0.05) is 36.5 Å². The first kappa shape index (κ1) is 15.4. The minimum absolute atomic E-state index is 0.0367. The van der Waals surface area contributed by atoms with E-state index in [1.165, 1.54) is 16.8 Å². The van der Waals surface area contributed by atoms with E-state index in [1.54, 1.807) is 7.05 Å². The van der Waals surface area contributed by atoms with Gasteiger partial charge in [-0.15, -0.1) is 0 Å². The molecule has 1 amide bonds. The molecule has 1 aromatic rings. The predicted octanol–water partition coefficient (Wildman–Crippen LogP) is 2.21. The van der Waals surface area contributed by atoms with Crippen molar-refractivity contribution in [3.05, 3.63) is 18.0 Å². The molecule has 1 saturated carbocycles. The Bertz CT molecular complexity index is 618. The van der Waals surface area contributed by atoms with Gasteiger partial charge in [-0.3, -0.25) is 4.79 Å². The summed E-state index contributed by atoms with van der Waals surface area (Å²) in [6, 6.07) is 1.64. The molecule has 0 aliphatic heterocycles. The Morgan fingerprint density at radius 2 is 2.10 bits per heavy atom. The van der Waals surface area contributed by atoms with E-state index in [1.807, 2.05) is 4.90 Å². The lowest BCUT2D eigenvalue weighted by Gasteiger charge is -2.24. The molecule has 0 saturated heterocycles. The van der Waals surface area contributed by atoms with Crippen molar-refractivity contribution < 1.29 is 13.2 Å². The van der Waals surface area contributed by atoms with Crippen molar-refractivity contribution in [3.8, 4) is 0 Å². The molecule has 7 heteroatoms. The fourth-order valence-corrected chi connectivity index (χ4v) is 2.99.